The fraction of sp³-hybridized carbons (Fsp3) is 0.412. The van der Waals surface area contributed by atoms with Crippen LogP contribution in [0, 0.1) is 23.7 Å². The number of aliphatic carboxylic acids is 1. The smallest absolute Gasteiger partial charge is 0.341 e. The van der Waals surface area contributed by atoms with Crippen LogP contribution in [0.3, 0.4) is 0 Å². The summed E-state index contributed by atoms with van der Waals surface area (Å²) in [6.07, 6.45) is 5.90. The first-order chi connectivity index (χ1) is 11.5. The Balaban J connectivity index is 1.82. The van der Waals surface area contributed by atoms with Crippen LogP contribution in [0.1, 0.15) is 23.7 Å². The summed E-state index contributed by atoms with van der Waals surface area (Å²) in [6.45, 7) is 1.89. The van der Waals surface area contributed by atoms with Gasteiger partial charge in [0.25, 0.3) is 0 Å². The van der Waals surface area contributed by atoms with E-state index in [1.807, 2.05) is 12.2 Å². The summed E-state index contributed by atoms with van der Waals surface area (Å²) >= 11 is 0. The van der Waals surface area contributed by atoms with Crippen LogP contribution in [0.4, 0.5) is 5.82 Å². The molecule has 2 bridgehead atoms. The second-order valence-corrected chi connectivity index (χ2v) is 5.95. The summed E-state index contributed by atoms with van der Waals surface area (Å²) in [4.78, 5) is 40.1. The number of carboxylic acid groups (broad SMARTS) is 1. The molecule has 0 radical (unpaired) electrons. The second kappa shape index (κ2) is 6.43. The first-order valence-corrected chi connectivity index (χ1v) is 7.87. The highest BCUT2D eigenvalue weighted by molar-refractivity contribution is 6.02. The van der Waals surface area contributed by atoms with Crippen LogP contribution in [0.5, 0.6) is 0 Å². The van der Waals surface area contributed by atoms with Crippen molar-refractivity contribution in [2.75, 3.05) is 11.9 Å². The summed E-state index contributed by atoms with van der Waals surface area (Å²) in [6, 6.07) is 3.08. The molecule has 2 aliphatic rings. The molecule has 3 rings (SSSR count). The first-order valence-electron chi connectivity index (χ1n) is 7.87. The van der Waals surface area contributed by atoms with Crippen LogP contribution in [-0.2, 0) is 14.3 Å². The Labute approximate surface area is 138 Å². The minimum Gasteiger partial charge on any atom is -0.481 e. The van der Waals surface area contributed by atoms with E-state index < -0.39 is 29.7 Å². The van der Waals surface area contributed by atoms with E-state index in [1.165, 1.54) is 12.3 Å². The molecule has 1 heterocycles. The van der Waals surface area contributed by atoms with Crippen molar-refractivity contribution in [3.05, 3.63) is 36.0 Å². The standard InChI is InChI=1S/C17H18N2O5/c1-2-24-17(23)11-4-3-7-18-14(11)19-15(20)12-9-5-6-10(8-9)13(12)16(21)22/h3-7,9-10,12-13H,2,8H2,1H3,(H,21,22)(H,18,19,20). The lowest BCUT2D eigenvalue weighted by atomic mass is 9.82. The lowest BCUT2D eigenvalue weighted by Crippen LogP contribution is -2.36. The third-order valence-corrected chi connectivity index (χ3v) is 4.59. The largest absolute Gasteiger partial charge is 0.481 e. The molecule has 2 N–H and O–H groups in total. The highest BCUT2D eigenvalue weighted by Crippen LogP contribution is 2.48. The number of carboxylic acids is 1. The van der Waals surface area contributed by atoms with Crippen molar-refractivity contribution in [1.29, 1.82) is 0 Å². The highest BCUT2D eigenvalue weighted by atomic mass is 16.5. The predicted molar refractivity (Wildman–Crippen MR) is 84.2 cm³/mol. The fourth-order valence-electron chi connectivity index (χ4n) is 3.59. The number of amides is 1. The molecule has 2 aliphatic carbocycles. The Morgan fingerprint density at radius 1 is 1.29 bits per heavy atom. The first kappa shape index (κ1) is 16.2. The van der Waals surface area contributed by atoms with E-state index in [0.29, 0.717) is 6.42 Å². The lowest BCUT2D eigenvalue weighted by molar-refractivity contribution is -0.146. The summed E-state index contributed by atoms with van der Waals surface area (Å²) < 4.78 is 4.95. The Morgan fingerprint density at radius 3 is 2.67 bits per heavy atom. The van der Waals surface area contributed by atoms with Crippen LogP contribution in [0.2, 0.25) is 0 Å². The number of pyridine rings is 1. The van der Waals surface area contributed by atoms with Crippen LogP contribution in [0.15, 0.2) is 30.5 Å². The van der Waals surface area contributed by atoms with Crippen molar-refractivity contribution in [3.8, 4) is 0 Å². The van der Waals surface area contributed by atoms with Gasteiger partial charge in [-0.2, -0.15) is 0 Å². The van der Waals surface area contributed by atoms with Gasteiger partial charge >= 0.3 is 11.9 Å². The molecule has 4 atom stereocenters. The number of carbonyl (C=O) groups is 3. The fourth-order valence-corrected chi connectivity index (χ4v) is 3.59. The van der Waals surface area contributed by atoms with Crippen LogP contribution >= 0.6 is 0 Å². The molecule has 0 saturated heterocycles. The van der Waals surface area contributed by atoms with Gasteiger partial charge < -0.3 is 15.2 Å². The summed E-state index contributed by atoms with van der Waals surface area (Å²) in [5.74, 6) is -3.49. The molecular formula is C17H18N2O5. The van der Waals surface area contributed by atoms with Gasteiger partial charge in [-0.15, -0.1) is 0 Å². The molecule has 1 aromatic heterocycles. The molecule has 24 heavy (non-hydrogen) atoms. The zero-order valence-electron chi connectivity index (χ0n) is 13.1. The number of ether oxygens (including phenoxy) is 1. The maximum Gasteiger partial charge on any atom is 0.341 e. The number of nitrogens with zero attached hydrogens (tertiary/aromatic N) is 1. The van der Waals surface area contributed by atoms with Gasteiger partial charge in [0.15, 0.2) is 0 Å². The Bertz CT molecular complexity index is 715. The van der Waals surface area contributed by atoms with E-state index in [2.05, 4.69) is 10.3 Å². The summed E-state index contributed by atoms with van der Waals surface area (Å²) in [5, 5.41) is 12.0. The van der Waals surface area contributed by atoms with Gasteiger partial charge in [-0.05, 0) is 37.3 Å². The van der Waals surface area contributed by atoms with E-state index in [-0.39, 0.29) is 29.8 Å². The molecule has 0 spiro atoms. The van der Waals surface area contributed by atoms with Crippen LogP contribution in [0.25, 0.3) is 0 Å². The number of rotatable bonds is 5. The van der Waals surface area contributed by atoms with E-state index in [9.17, 15) is 19.5 Å². The van der Waals surface area contributed by atoms with Crippen LogP contribution < -0.4 is 5.32 Å². The van der Waals surface area contributed by atoms with Crippen molar-refractivity contribution >= 4 is 23.7 Å². The van der Waals surface area contributed by atoms with Gasteiger partial charge in [-0.3, -0.25) is 9.59 Å². The quantitative estimate of drug-likeness (QED) is 0.629. The average Bonchev–Trinajstić information content (AvgIpc) is 3.16. The third-order valence-electron chi connectivity index (χ3n) is 4.59. The van der Waals surface area contributed by atoms with Crippen molar-refractivity contribution in [2.24, 2.45) is 23.7 Å². The summed E-state index contributed by atoms with van der Waals surface area (Å²) in [5.41, 5.74) is 0.151. The Kier molecular flexibility index (Phi) is 4.33. The maximum atomic E-state index is 12.7. The number of esters is 1. The topological polar surface area (TPSA) is 106 Å². The monoisotopic (exact) mass is 330 g/mol. The molecular weight excluding hydrogens is 312 g/mol. The molecule has 126 valence electrons. The molecule has 7 heteroatoms. The third kappa shape index (κ3) is 2.77. The second-order valence-electron chi connectivity index (χ2n) is 5.95. The van der Waals surface area contributed by atoms with E-state index in [1.54, 1.807) is 13.0 Å². The Morgan fingerprint density at radius 2 is 2.00 bits per heavy atom. The van der Waals surface area contributed by atoms with E-state index in [4.69, 9.17) is 4.74 Å². The lowest BCUT2D eigenvalue weighted by Gasteiger charge is -2.23. The number of aromatic nitrogens is 1. The SMILES string of the molecule is CCOC(=O)c1cccnc1NC(=O)C1C2C=CC(C2)C1C(=O)O. The highest BCUT2D eigenvalue weighted by Gasteiger charge is 2.51. The Hall–Kier alpha value is -2.70. The molecule has 0 aliphatic heterocycles. The van der Waals surface area contributed by atoms with Crippen molar-refractivity contribution < 1.29 is 24.2 Å². The van der Waals surface area contributed by atoms with Gasteiger partial charge in [0.1, 0.15) is 11.4 Å². The van der Waals surface area contributed by atoms with Gasteiger partial charge in [0, 0.05) is 6.20 Å². The molecule has 1 amide bonds. The molecule has 4 unspecified atom stereocenters. The van der Waals surface area contributed by atoms with E-state index in [0.717, 1.165) is 0 Å². The van der Waals surface area contributed by atoms with Gasteiger partial charge in [0.05, 0.1) is 18.4 Å². The summed E-state index contributed by atoms with van der Waals surface area (Å²) in [7, 11) is 0. The van der Waals surface area contributed by atoms with E-state index >= 15 is 0 Å². The minimum absolute atomic E-state index is 0.0918. The zero-order chi connectivity index (χ0) is 17.3. The van der Waals surface area contributed by atoms with Crippen molar-refractivity contribution in [1.82, 2.24) is 4.98 Å². The van der Waals surface area contributed by atoms with Gasteiger partial charge in [-0.25, -0.2) is 9.78 Å². The maximum absolute atomic E-state index is 12.7. The number of hydrogen-bond acceptors (Lipinski definition) is 5. The average molecular weight is 330 g/mol. The van der Waals surface area contributed by atoms with Gasteiger partial charge in [-0.1, -0.05) is 12.2 Å². The zero-order valence-corrected chi connectivity index (χ0v) is 13.1. The van der Waals surface area contributed by atoms with Gasteiger partial charge in [0.2, 0.25) is 5.91 Å². The molecule has 1 saturated carbocycles. The van der Waals surface area contributed by atoms with Crippen LogP contribution in [-0.4, -0.2) is 34.5 Å². The molecule has 1 fully saturated rings. The number of fused-ring (bicyclic) bond motifs is 2. The molecule has 0 aromatic carbocycles. The number of allylic oxidation sites excluding steroid dienone is 2. The predicted octanol–water partition coefficient (Wildman–Crippen LogP) is 1.72. The van der Waals surface area contributed by atoms with Crippen molar-refractivity contribution in [3.63, 3.8) is 0 Å². The van der Waals surface area contributed by atoms with Crippen molar-refractivity contribution in [2.45, 2.75) is 13.3 Å². The molecule has 7 nitrogen and oxygen atoms in total. The normalized spacial score (nSPS) is 27.0. The number of carbonyl (C=O) groups excluding carboxylic acids is 2. The number of anilines is 1. The number of nitrogens with one attached hydrogen (secondary N) is 1. The molecule has 1 aromatic rings. The minimum atomic E-state index is -0.973. The number of hydrogen-bond donors (Lipinski definition) is 2.